The van der Waals surface area contributed by atoms with Gasteiger partial charge in [0.15, 0.2) is 6.10 Å². The van der Waals surface area contributed by atoms with Crippen molar-refractivity contribution in [3.05, 3.63) is 72.9 Å². The number of allylic oxidation sites excluding steroid dienone is 12. The summed E-state index contributed by atoms with van der Waals surface area (Å²) in [7, 11) is 0. The number of hydrogen-bond donors (Lipinski definition) is 0. The molecule has 0 rings (SSSR count). The van der Waals surface area contributed by atoms with Gasteiger partial charge < -0.3 is 14.2 Å². The summed E-state index contributed by atoms with van der Waals surface area (Å²) < 4.78 is 16.8. The van der Waals surface area contributed by atoms with Crippen molar-refractivity contribution in [2.24, 2.45) is 0 Å². The lowest BCUT2D eigenvalue weighted by atomic mass is 10.0. The molecule has 0 aliphatic carbocycles. The number of esters is 3. The Labute approximate surface area is 465 Å². The van der Waals surface area contributed by atoms with Gasteiger partial charge >= 0.3 is 17.9 Å². The molecule has 434 valence electrons. The lowest BCUT2D eigenvalue weighted by molar-refractivity contribution is -0.167. The average Bonchev–Trinajstić information content (AvgIpc) is 3.41. The van der Waals surface area contributed by atoms with Gasteiger partial charge in [-0.25, -0.2) is 0 Å². The first kappa shape index (κ1) is 71.8. The largest absolute Gasteiger partial charge is 0.462 e. The number of carbonyl (C=O) groups excluding carboxylic acids is 3. The maximum atomic E-state index is 12.8. The summed E-state index contributed by atoms with van der Waals surface area (Å²) in [6.45, 7) is 6.50. The Morgan fingerprint density at radius 3 is 0.813 bits per heavy atom. The Morgan fingerprint density at radius 2 is 0.520 bits per heavy atom. The quantitative estimate of drug-likeness (QED) is 0.0261. The van der Waals surface area contributed by atoms with E-state index in [0.29, 0.717) is 19.3 Å². The van der Waals surface area contributed by atoms with E-state index in [9.17, 15) is 14.4 Å². The van der Waals surface area contributed by atoms with Gasteiger partial charge in [-0.05, 0) is 70.6 Å². The van der Waals surface area contributed by atoms with Gasteiger partial charge in [0.25, 0.3) is 0 Å². The minimum absolute atomic E-state index is 0.0826. The van der Waals surface area contributed by atoms with Crippen LogP contribution in [0.15, 0.2) is 72.9 Å². The number of ether oxygens (including phenoxy) is 3. The van der Waals surface area contributed by atoms with Crippen molar-refractivity contribution in [3.8, 4) is 0 Å². The van der Waals surface area contributed by atoms with Gasteiger partial charge in [-0.3, -0.25) is 14.4 Å². The molecule has 0 heterocycles. The monoisotopic (exact) mass is 1050 g/mol. The summed E-state index contributed by atoms with van der Waals surface area (Å²) in [6, 6.07) is 0. The van der Waals surface area contributed by atoms with Gasteiger partial charge in [-0.15, -0.1) is 0 Å². The fraction of sp³-hybridized carbons (Fsp3) is 0.783. The number of carbonyl (C=O) groups is 3. The molecule has 75 heavy (non-hydrogen) atoms. The van der Waals surface area contributed by atoms with Gasteiger partial charge in [0.2, 0.25) is 0 Å². The van der Waals surface area contributed by atoms with Crippen LogP contribution in [0.5, 0.6) is 0 Å². The van der Waals surface area contributed by atoms with Crippen molar-refractivity contribution in [1.29, 1.82) is 0 Å². The van der Waals surface area contributed by atoms with Crippen LogP contribution in [0.25, 0.3) is 0 Å². The summed E-state index contributed by atoms with van der Waals surface area (Å²) in [4.78, 5) is 38.1. The molecule has 0 amide bonds. The molecule has 0 aromatic rings. The van der Waals surface area contributed by atoms with Crippen molar-refractivity contribution in [1.82, 2.24) is 0 Å². The molecule has 0 aromatic heterocycles. The molecule has 0 N–H and O–H groups in total. The van der Waals surface area contributed by atoms with Gasteiger partial charge in [0.1, 0.15) is 13.2 Å². The first-order valence-electron chi connectivity index (χ1n) is 32.4. The normalized spacial score (nSPS) is 12.5. The van der Waals surface area contributed by atoms with Crippen LogP contribution in [0.3, 0.4) is 0 Å². The fourth-order valence-electron chi connectivity index (χ4n) is 9.39. The molecule has 0 spiro atoms. The van der Waals surface area contributed by atoms with Crippen molar-refractivity contribution in [3.63, 3.8) is 0 Å². The molecule has 0 aliphatic rings. The van der Waals surface area contributed by atoms with E-state index in [1.165, 1.54) is 180 Å². The second kappa shape index (κ2) is 63.4. The molecule has 0 aliphatic heterocycles. The molecule has 0 aromatic carbocycles. The standard InChI is InChI=1S/C69H122O6/c1-4-7-10-13-16-18-20-22-24-26-28-30-32-33-34-35-37-38-40-42-44-46-48-50-53-56-59-62-68(71)74-65-66(64-73-67(70)61-58-55-52-15-12-9-6-3)75-69(72)63-60-57-54-51-49-47-45-43-41-39-36-31-29-27-25-23-21-19-17-14-11-8-5-2/h8,11,17,19,23,25,29,31,39,41,45,47,66H,4-7,9-10,12-16,18,20-22,24,26-28,30,32-38,40,42-44,46,48-65H2,1-3H3/b11-8-,19-17-,25-23-,31-29-,41-39-,47-45-. The zero-order chi connectivity index (χ0) is 54.3. The maximum absolute atomic E-state index is 12.8. The number of unbranched alkanes of at least 4 members (excludes halogenated alkanes) is 36. The van der Waals surface area contributed by atoms with Gasteiger partial charge in [0, 0.05) is 19.3 Å². The van der Waals surface area contributed by atoms with Crippen molar-refractivity contribution in [2.75, 3.05) is 13.2 Å². The third kappa shape index (κ3) is 61.6. The molecular weight excluding hydrogens is 925 g/mol. The van der Waals surface area contributed by atoms with Crippen LogP contribution in [0.1, 0.15) is 329 Å². The molecule has 0 bridgehead atoms. The van der Waals surface area contributed by atoms with Crippen molar-refractivity contribution < 1.29 is 28.6 Å². The molecule has 0 saturated carbocycles. The highest BCUT2D eigenvalue weighted by atomic mass is 16.6. The summed E-state index contributed by atoms with van der Waals surface area (Å²) in [5.41, 5.74) is 0. The summed E-state index contributed by atoms with van der Waals surface area (Å²) >= 11 is 0. The highest BCUT2D eigenvalue weighted by molar-refractivity contribution is 5.71. The summed E-state index contributed by atoms with van der Waals surface area (Å²) in [6.07, 6.45) is 82.3. The van der Waals surface area contributed by atoms with Crippen LogP contribution >= 0.6 is 0 Å². The van der Waals surface area contributed by atoms with E-state index in [0.717, 1.165) is 109 Å². The highest BCUT2D eigenvalue weighted by Gasteiger charge is 2.19. The van der Waals surface area contributed by atoms with E-state index >= 15 is 0 Å². The van der Waals surface area contributed by atoms with Gasteiger partial charge in [-0.2, -0.15) is 0 Å². The summed E-state index contributed by atoms with van der Waals surface area (Å²) in [5, 5.41) is 0. The molecule has 1 atom stereocenters. The second-order valence-corrected chi connectivity index (χ2v) is 21.7. The Hall–Kier alpha value is -3.15. The molecule has 1 unspecified atom stereocenters. The van der Waals surface area contributed by atoms with Crippen LogP contribution in [0.2, 0.25) is 0 Å². The van der Waals surface area contributed by atoms with Crippen molar-refractivity contribution >= 4 is 17.9 Å². The lowest BCUT2D eigenvalue weighted by Gasteiger charge is -2.18. The van der Waals surface area contributed by atoms with Gasteiger partial charge in [-0.1, -0.05) is 312 Å². The summed E-state index contributed by atoms with van der Waals surface area (Å²) in [5.74, 6) is -0.901. The van der Waals surface area contributed by atoms with E-state index in [2.05, 4.69) is 93.7 Å². The molecule has 0 radical (unpaired) electrons. The fourth-order valence-corrected chi connectivity index (χ4v) is 9.39. The van der Waals surface area contributed by atoms with Crippen LogP contribution in [-0.4, -0.2) is 37.2 Å². The van der Waals surface area contributed by atoms with Crippen molar-refractivity contribution in [2.45, 2.75) is 335 Å². The van der Waals surface area contributed by atoms with E-state index in [1.807, 2.05) is 0 Å². The Morgan fingerprint density at radius 1 is 0.280 bits per heavy atom. The SMILES string of the molecule is CC/C=C\C/C=C\C/C=C\C/C=C\C/C=C\C/C=C\CCCCCCC(=O)OC(COC(=O)CCCCCCCCC)COC(=O)CCCCCCCCCCCCCCCCCCCCCCCCCCCCC. The van der Waals surface area contributed by atoms with Gasteiger partial charge in [0.05, 0.1) is 0 Å². The molecule has 0 saturated heterocycles. The number of rotatable bonds is 59. The van der Waals surface area contributed by atoms with Crippen LogP contribution in [-0.2, 0) is 28.6 Å². The van der Waals surface area contributed by atoms with Crippen LogP contribution < -0.4 is 0 Å². The smallest absolute Gasteiger partial charge is 0.306 e. The topological polar surface area (TPSA) is 78.9 Å². The minimum atomic E-state index is -0.786. The van der Waals surface area contributed by atoms with E-state index in [1.54, 1.807) is 0 Å². The Balaban J connectivity index is 4.13. The second-order valence-electron chi connectivity index (χ2n) is 21.7. The third-order valence-electron chi connectivity index (χ3n) is 14.2. The minimum Gasteiger partial charge on any atom is -0.462 e. The van der Waals surface area contributed by atoms with Crippen LogP contribution in [0.4, 0.5) is 0 Å². The third-order valence-corrected chi connectivity index (χ3v) is 14.2. The average molecular weight is 1050 g/mol. The van der Waals surface area contributed by atoms with Crippen LogP contribution in [0, 0.1) is 0 Å². The molecule has 6 heteroatoms. The zero-order valence-corrected chi connectivity index (χ0v) is 49.8. The lowest BCUT2D eigenvalue weighted by Crippen LogP contribution is -2.30. The predicted molar refractivity (Wildman–Crippen MR) is 325 cm³/mol. The molecule has 0 fully saturated rings. The number of hydrogen-bond acceptors (Lipinski definition) is 6. The van der Waals surface area contributed by atoms with E-state index in [-0.39, 0.29) is 31.1 Å². The Kier molecular flexibility index (Phi) is 60.7. The highest BCUT2D eigenvalue weighted by Crippen LogP contribution is 2.17. The molecule has 6 nitrogen and oxygen atoms in total. The first-order chi connectivity index (χ1) is 37.0. The Bertz CT molecular complexity index is 1390. The molecular formula is C69H122O6. The van der Waals surface area contributed by atoms with E-state index < -0.39 is 6.10 Å². The first-order valence-corrected chi connectivity index (χ1v) is 32.4. The van der Waals surface area contributed by atoms with E-state index in [4.69, 9.17) is 14.2 Å². The predicted octanol–water partition coefficient (Wildman–Crippen LogP) is 22.1. The zero-order valence-electron chi connectivity index (χ0n) is 49.8. The maximum Gasteiger partial charge on any atom is 0.306 e.